The van der Waals surface area contributed by atoms with Gasteiger partial charge >= 0.3 is 6.61 Å². The second kappa shape index (κ2) is 7.36. The molecule has 0 aliphatic carbocycles. The standard InChI is InChI=1S/C15H14BrF2NO/c16-13-7-3-1-5-11(13)9-19-10-12-6-2-4-8-14(12)20-15(17)18/h1-8,15,19H,9-10H2. The Morgan fingerprint density at radius 3 is 2.25 bits per heavy atom. The first-order valence-corrected chi connectivity index (χ1v) is 6.93. The molecule has 0 bridgehead atoms. The molecule has 0 atom stereocenters. The smallest absolute Gasteiger partial charge is 0.387 e. The molecule has 0 unspecified atom stereocenters. The van der Waals surface area contributed by atoms with Gasteiger partial charge in [0.1, 0.15) is 5.75 Å². The van der Waals surface area contributed by atoms with Gasteiger partial charge in [-0.2, -0.15) is 8.78 Å². The molecule has 0 aliphatic rings. The van der Waals surface area contributed by atoms with E-state index in [1.54, 1.807) is 24.3 Å². The molecule has 2 rings (SSSR count). The number of nitrogens with one attached hydrogen (secondary N) is 1. The lowest BCUT2D eigenvalue weighted by Crippen LogP contribution is -2.14. The number of halogens is 3. The van der Waals surface area contributed by atoms with E-state index < -0.39 is 6.61 Å². The zero-order valence-corrected chi connectivity index (χ0v) is 12.2. The van der Waals surface area contributed by atoms with Crippen LogP contribution >= 0.6 is 15.9 Å². The van der Waals surface area contributed by atoms with Crippen LogP contribution in [0, 0.1) is 0 Å². The summed E-state index contributed by atoms with van der Waals surface area (Å²) in [6.45, 7) is -1.70. The largest absolute Gasteiger partial charge is 0.434 e. The van der Waals surface area contributed by atoms with E-state index in [2.05, 4.69) is 26.0 Å². The van der Waals surface area contributed by atoms with Gasteiger partial charge in [-0.3, -0.25) is 0 Å². The minimum absolute atomic E-state index is 0.210. The summed E-state index contributed by atoms with van der Waals surface area (Å²) >= 11 is 3.47. The van der Waals surface area contributed by atoms with Crippen molar-refractivity contribution in [2.24, 2.45) is 0 Å². The molecule has 0 radical (unpaired) electrons. The van der Waals surface area contributed by atoms with Crippen LogP contribution in [-0.4, -0.2) is 6.61 Å². The van der Waals surface area contributed by atoms with E-state index in [-0.39, 0.29) is 5.75 Å². The number of alkyl halides is 2. The van der Waals surface area contributed by atoms with Crippen LogP contribution in [0.15, 0.2) is 53.0 Å². The predicted octanol–water partition coefficient (Wildman–Crippen LogP) is 4.34. The van der Waals surface area contributed by atoms with Crippen molar-refractivity contribution in [1.82, 2.24) is 5.32 Å². The van der Waals surface area contributed by atoms with Crippen LogP contribution in [0.25, 0.3) is 0 Å². The maximum Gasteiger partial charge on any atom is 0.387 e. The van der Waals surface area contributed by atoms with E-state index in [4.69, 9.17) is 0 Å². The molecule has 0 saturated carbocycles. The summed E-state index contributed by atoms with van der Waals surface area (Å²) in [4.78, 5) is 0. The SMILES string of the molecule is FC(F)Oc1ccccc1CNCc1ccccc1Br. The van der Waals surface area contributed by atoms with Gasteiger partial charge in [-0.05, 0) is 17.7 Å². The van der Waals surface area contributed by atoms with Gasteiger partial charge in [0, 0.05) is 23.1 Å². The van der Waals surface area contributed by atoms with Crippen LogP contribution in [0.4, 0.5) is 8.78 Å². The summed E-state index contributed by atoms with van der Waals surface area (Å²) in [6, 6.07) is 14.6. The highest BCUT2D eigenvalue weighted by atomic mass is 79.9. The number of hydrogen-bond acceptors (Lipinski definition) is 2. The molecule has 20 heavy (non-hydrogen) atoms. The second-order valence-corrected chi connectivity index (χ2v) is 5.04. The van der Waals surface area contributed by atoms with Crippen LogP contribution in [0.1, 0.15) is 11.1 Å². The Bertz CT molecular complexity index is 563. The lowest BCUT2D eigenvalue weighted by atomic mass is 10.2. The third-order valence-corrected chi connectivity index (χ3v) is 3.55. The molecule has 0 fully saturated rings. The minimum Gasteiger partial charge on any atom is -0.434 e. The highest BCUT2D eigenvalue weighted by Gasteiger charge is 2.08. The van der Waals surface area contributed by atoms with E-state index in [9.17, 15) is 8.78 Å². The van der Waals surface area contributed by atoms with Crippen molar-refractivity contribution in [1.29, 1.82) is 0 Å². The van der Waals surface area contributed by atoms with E-state index in [1.807, 2.05) is 24.3 Å². The third-order valence-electron chi connectivity index (χ3n) is 2.78. The van der Waals surface area contributed by atoms with Crippen molar-refractivity contribution in [3.63, 3.8) is 0 Å². The molecule has 0 aliphatic heterocycles. The molecular weight excluding hydrogens is 328 g/mol. The Morgan fingerprint density at radius 2 is 1.55 bits per heavy atom. The number of para-hydroxylation sites is 1. The van der Waals surface area contributed by atoms with Gasteiger partial charge in [0.2, 0.25) is 0 Å². The van der Waals surface area contributed by atoms with Crippen molar-refractivity contribution < 1.29 is 13.5 Å². The summed E-state index contributed by atoms with van der Waals surface area (Å²) in [5, 5.41) is 3.22. The lowest BCUT2D eigenvalue weighted by Gasteiger charge is -2.11. The van der Waals surface area contributed by atoms with Gasteiger partial charge in [-0.1, -0.05) is 52.3 Å². The van der Waals surface area contributed by atoms with Crippen LogP contribution in [0.2, 0.25) is 0 Å². The molecule has 5 heteroatoms. The number of rotatable bonds is 6. The zero-order valence-electron chi connectivity index (χ0n) is 10.7. The van der Waals surface area contributed by atoms with Crippen LogP contribution in [0.5, 0.6) is 5.75 Å². The Labute approximate surface area is 124 Å². The average molecular weight is 342 g/mol. The first-order chi connectivity index (χ1) is 9.66. The maximum absolute atomic E-state index is 12.3. The molecule has 2 aromatic carbocycles. The topological polar surface area (TPSA) is 21.3 Å². The average Bonchev–Trinajstić information content (AvgIpc) is 2.42. The van der Waals surface area contributed by atoms with Gasteiger partial charge in [0.15, 0.2) is 0 Å². The van der Waals surface area contributed by atoms with Crippen molar-refractivity contribution in [2.45, 2.75) is 19.7 Å². The molecule has 1 N–H and O–H groups in total. The normalized spacial score (nSPS) is 10.8. The summed E-state index contributed by atoms with van der Waals surface area (Å²) in [5.41, 5.74) is 1.82. The zero-order chi connectivity index (χ0) is 14.4. The first kappa shape index (κ1) is 14.9. The van der Waals surface area contributed by atoms with Gasteiger partial charge in [0.05, 0.1) is 0 Å². The predicted molar refractivity (Wildman–Crippen MR) is 77.8 cm³/mol. The number of hydrogen-bond donors (Lipinski definition) is 1. The summed E-state index contributed by atoms with van der Waals surface area (Å²) in [5.74, 6) is 0.210. The second-order valence-electron chi connectivity index (χ2n) is 4.18. The molecule has 0 aromatic heterocycles. The summed E-state index contributed by atoms with van der Waals surface area (Å²) in [7, 11) is 0. The molecule has 0 amide bonds. The quantitative estimate of drug-likeness (QED) is 0.843. The lowest BCUT2D eigenvalue weighted by molar-refractivity contribution is -0.0505. The fourth-order valence-electron chi connectivity index (χ4n) is 1.83. The van der Waals surface area contributed by atoms with E-state index in [0.29, 0.717) is 18.7 Å². The number of benzene rings is 2. The highest BCUT2D eigenvalue weighted by molar-refractivity contribution is 9.10. The molecule has 0 spiro atoms. The summed E-state index contributed by atoms with van der Waals surface area (Å²) < 4.78 is 30.1. The van der Waals surface area contributed by atoms with E-state index in [1.165, 1.54) is 0 Å². The molecule has 2 nitrogen and oxygen atoms in total. The monoisotopic (exact) mass is 341 g/mol. The molecule has 0 heterocycles. The molecule has 2 aromatic rings. The molecule has 106 valence electrons. The van der Waals surface area contributed by atoms with Crippen LogP contribution in [0.3, 0.4) is 0 Å². The Balaban J connectivity index is 1.96. The Morgan fingerprint density at radius 1 is 0.950 bits per heavy atom. The van der Waals surface area contributed by atoms with Gasteiger partial charge in [-0.25, -0.2) is 0 Å². The van der Waals surface area contributed by atoms with Gasteiger partial charge in [0.25, 0.3) is 0 Å². The van der Waals surface area contributed by atoms with Crippen molar-refractivity contribution in [2.75, 3.05) is 0 Å². The molecular formula is C15H14BrF2NO. The summed E-state index contributed by atoms with van der Waals surface area (Å²) in [6.07, 6.45) is 0. The van der Waals surface area contributed by atoms with Crippen molar-refractivity contribution >= 4 is 15.9 Å². The number of ether oxygens (including phenoxy) is 1. The highest BCUT2D eigenvalue weighted by Crippen LogP contribution is 2.20. The first-order valence-electron chi connectivity index (χ1n) is 6.13. The molecule has 0 saturated heterocycles. The van der Waals surface area contributed by atoms with E-state index >= 15 is 0 Å². The van der Waals surface area contributed by atoms with Crippen molar-refractivity contribution in [3.8, 4) is 5.75 Å². The van der Waals surface area contributed by atoms with Gasteiger partial charge in [-0.15, -0.1) is 0 Å². The van der Waals surface area contributed by atoms with Crippen molar-refractivity contribution in [3.05, 3.63) is 64.1 Å². The van der Waals surface area contributed by atoms with Crippen LogP contribution < -0.4 is 10.1 Å². The van der Waals surface area contributed by atoms with Gasteiger partial charge < -0.3 is 10.1 Å². The fraction of sp³-hybridized carbons (Fsp3) is 0.200. The third kappa shape index (κ3) is 4.28. The maximum atomic E-state index is 12.3. The Hall–Kier alpha value is -1.46. The van der Waals surface area contributed by atoms with Crippen LogP contribution in [-0.2, 0) is 13.1 Å². The fourth-order valence-corrected chi connectivity index (χ4v) is 2.26. The minimum atomic E-state index is -2.81. The van der Waals surface area contributed by atoms with E-state index in [0.717, 1.165) is 10.0 Å². The Kier molecular flexibility index (Phi) is 5.49.